The van der Waals surface area contributed by atoms with Crippen molar-refractivity contribution in [2.24, 2.45) is 5.73 Å². The molecule has 0 unspecified atom stereocenters. The summed E-state index contributed by atoms with van der Waals surface area (Å²) in [7, 11) is 0. The minimum atomic E-state index is -0.983. The minimum Gasteiger partial charge on any atom is -0.480 e. The minimum absolute atomic E-state index is 0.357. The molecule has 0 aromatic carbocycles. The van der Waals surface area contributed by atoms with E-state index in [9.17, 15) is 4.79 Å². The topological polar surface area (TPSA) is 89.4 Å². The normalized spacial score (nSPS) is 12.5. The molecule has 0 aliphatic heterocycles. The van der Waals surface area contributed by atoms with Crippen LogP contribution < -0.4 is 5.73 Å². The number of rotatable bonds is 6. The van der Waals surface area contributed by atoms with Gasteiger partial charge in [0, 0.05) is 11.5 Å². The molecule has 19 heavy (non-hydrogen) atoms. The van der Waals surface area contributed by atoms with Gasteiger partial charge in [-0.1, -0.05) is 6.07 Å². The lowest BCUT2D eigenvalue weighted by atomic mass is 10.4. The van der Waals surface area contributed by atoms with Crippen molar-refractivity contribution in [1.82, 2.24) is 4.98 Å². The highest BCUT2D eigenvalue weighted by Gasteiger charge is 2.14. The van der Waals surface area contributed by atoms with Gasteiger partial charge >= 0.3 is 5.97 Å². The van der Waals surface area contributed by atoms with Crippen molar-refractivity contribution in [1.29, 1.82) is 0 Å². The number of hydrogen-bond donors (Lipinski definition) is 2. The monoisotopic (exact) mass is 298 g/mol. The van der Waals surface area contributed by atoms with E-state index in [2.05, 4.69) is 4.98 Å². The Bertz CT molecular complexity index is 551. The van der Waals surface area contributed by atoms with E-state index < -0.39 is 12.0 Å². The number of oxazole rings is 1. The highest BCUT2D eigenvalue weighted by atomic mass is 32.2. The molecule has 0 amide bonds. The molecule has 0 aliphatic rings. The van der Waals surface area contributed by atoms with Crippen molar-refractivity contribution in [3.8, 4) is 10.8 Å². The third kappa shape index (κ3) is 3.59. The molecule has 102 valence electrons. The molecule has 0 saturated carbocycles. The van der Waals surface area contributed by atoms with E-state index in [0.717, 1.165) is 16.3 Å². The van der Waals surface area contributed by atoms with Crippen molar-refractivity contribution >= 4 is 29.1 Å². The van der Waals surface area contributed by atoms with Crippen molar-refractivity contribution < 1.29 is 14.3 Å². The van der Waals surface area contributed by atoms with Gasteiger partial charge in [0.05, 0.1) is 10.6 Å². The number of nitrogens with two attached hydrogens (primary N) is 1. The zero-order valence-electron chi connectivity index (χ0n) is 10.3. The lowest BCUT2D eigenvalue weighted by Crippen LogP contribution is -2.32. The number of aromatic nitrogens is 1. The molecular formula is C12H14N2O3S2. The lowest BCUT2D eigenvalue weighted by Gasteiger charge is -2.04. The van der Waals surface area contributed by atoms with Crippen LogP contribution in [0.25, 0.3) is 10.8 Å². The third-order valence-corrected chi connectivity index (χ3v) is 4.41. The Morgan fingerprint density at radius 2 is 2.47 bits per heavy atom. The Hall–Kier alpha value is -1.31. The van der Waals surface area contributed by atoms with Gasteiger partial charge in [0.25, 0.3) is 0 Å². The van der Waals surface area contributed by atoms with Gasteiger partial charge in [-0.3, -0.25) is 4.79 Å². The Morgan fingerprint density at radius 1 is 1.68 bits per heavy atom. The van der Waals surface area contributed by atoms with Crippen LogP contribution in [0.4, 0.5) is 0 Å². The maximum atomic E-state index is 10.6. The molecule has 5 nitrogen and oxygen atoms in total. The fraction of sp³-hybridized carbons (Fsp3) is 0.333. The SMILES string of the molecule is Cc1oc(-c2cccs2)nc1CSC[C@H](N)C(=O)O. The molecule has 1 atom stereocenters. The molecule has 0 fully saturated rings. The van der Waals surface area contributed by atoms with Crippen LogP contribution >= 0.6 is 23.1 Å². The van der Waals surface area contributed by atoms with Gasteiger partial charge in [-0.05, 0) is 18.4 Å². The number of aryl methyl sites for hydroxylation is 1. The molecule has 0 saturated heterocycles. The Labute approximate surface area is 118 Å². The first-order chi connectivity index (χ1) is 9.08. The number of carboxylic acids is 1. The summed E-state index contributed by atoms with van der Waals surface area (Å²) in [5, 5.41) is 10.7. The summed E-state index contributed by atoms with van der Waals surface area (Å²) in [5.74, 6) is 1.35. The molecule has 0 aliphatic carbocycles. The molecule has 3 N–H and O–H groups in total. The number of thioether (sulfide) groups is 1. The van der Waals surface area contributed by atoms with E-state index in [1.165, 1.54) is 11.8 Å². The predicted molar refractivity (Wildman–Crippen MR) is 76.3 cm³/mol. The second-order valence-electron chi connectivity index (χ2n) is 3.96. The van der Waals surface area contributed by atoms with Crippen LogP contribution in [-0.2, 0) is 10.5 Å². The summed E-state index contributed by atoms with van der Waals surface area (Å²) >= 11 is 3.01. The first-order valence-corrected chi connectivity index (χ1v) is 7.67. The lowest BCUT2D eigenvalue weighted by molar-refractivity contribution is -0.137. The average Bonchev–Trinajstić information content (AvgIpc) is 2.99. The van der Waals surface area contributed by atoms with Crippen LogP contribution in [0.5, 0.6) is 0 Å². The maximum absolute atomic E-state index is 10.6. The molecular weight excluding hydrogens is 284 g/mol. The summed E-state index contributed by atoms with van der Waals surface area (Å²) in [4.78, 5) is 16.0. The zero-order valence-corrected chi connectivity index (χ0v) is 12.0. The summed E-state index contributed by atoms with van der Waals surface area (Å²) in [5.41, 5.74) is 6.28. The van der Waals surface area contributed by atoms with E-state index >= 15 is 0 Å². The van der Waals surface area contributed by atoms with Crippen molar-refractivity contribution in [3.05, 3.63) is 29.0 Å². The highest BCUT2D eigenvalue weighted by Crippen LogP contribution is 2.27. The van der Waals surface area contributed by atoms with Gasteiger partial charge in [-0.25, -0.2) is 4.98 Å². The Kier molecular flexibility index (Phi) is 4.62. The fourth-order valence-electron chi connectivity index (χ4n) is 1.42. The maximum Gasteiger partial charge on any atom is 0.321 e. The van der Waals surface area contributed by atoms with Gasteiger partial charge < -0.3 is 15.3 Å². The smallest absolute Gasteiger partial charge is 0.321 e. The largest absolute Gasteiger partial charge is 0.480 e. The number of carboxylic acid groups (broad SMARTS) is 1. The molecule has 7 heteroatoms. The molecule has 0 spiro atoms. The van der Waals surface area contributed by atoms with Crippen LogP contribution in [0.3, 0.4) is 0 Å². The standard InChI is InChI=1S/C12H14N2O3S2/c1-7-9(6-18-5-8(13)12(15)16)14-11(17-7)10-3-2-4-19-10/h2-4,8H,5-6,13H2,1H3,(H,15,16)/t8-/m0/s1. The van der Waals surface area contributed by atoms with E-state index in [1.54, 1.807) is 11.3 Å². The Balaban J connectivity index is 1.96. The number of nitrogens with zero attached hydrogens (tertiary/aromatic N) is 1. The van der Waals surface area contributed by atoms with Gasteiger partial charge in [-0.2, -0.15) is 11.8 Å². The van der Waals surface area contributed by atoms with Crippen LogP contribution in [-0.4, -0.2) is 27.9 Å². The van der Waals surface area contributed by atoms with E-state index in [-0.39, 0.29) is 0 Å². The van der Waals surface area contributed by atoms with Crippen LogP contribution in [0.2, 0.25) is 0 Å². The van der Waals surface area contributed by atoms with Crippen LogP contribution in [0.15, 0.2) is 21.9 Å². The van der Waals surface area contributed by atoms with Crippen molar-refractivity contribution in [2.45, 2.75) is 18.7 Å². The quantitative estimate of drug-likeness (QED) is 0.851. The summed E-state index contributed by atoms with van der Waals surface area (Å²) < 4.78 is 5.60. The summed E-state index contributed by atoms with van der Waals surface area (Å²) in [6.45, 7) is 1.86. The van der Waals surface area contributed by atoms with Crippen LogP contribution in [0.1, 0.15) is 11.5 Å². The molecule has 2 rings (SSSR count). The van der Waals surface area contributed by atoms with Crippen molar-refractivity contribution in [3.63, 3.8) is 0 Å². The fourth-order valence-corrected chi connectivity index (χ4v) is 3.05. The summed E-state index contributed by atoms with van der Waals surface area (Å²) in [6.07, 6.45) is 0. The third-order valence-electron chi connectivity index (χ3n) is 2.48. The van der Waals surface area contributed by atoms with Gasteiger partial charge in [0.15, 0.2) is 0 Å². The highest BCUT2D eigenvalue weighted by molar-refractivity contribution is 7.98. The number of hydrogen-bond acceptors (Lipinski definition) is 6. The van der Waals surface area contributed by atoms with Crippen LogP contribution in [0, 0.1) is 6.92 Å². The second kappa shape index (κ2) is 6.23. The first kappa shape index (κ1) is 14.1. The van der Waals surface area contributed by atoms with E-state index in [0.29, 0.717) is 17.4 Å². The Morgan fingerprint density at radius 3 is 3.11 bits per heavy atom. The average molecular weight is 298 g/mol. The molecule has 0 bridgehead atoms. The summed E-state index contributed by atoms with van der Waals surface area (Å²) in [6, 6.07) is 3.06. The molecule has 2 aromatic heterocycles. The zero-order chi connectivity index (χ0) is 13.8. The molecule has 0 radical (unpaired) electrons. The number of thiophene rings is 1. The van der Waals surface area contributed by atoms with Gasteiger partial charge in [0.1, 0.15) is 11.8 Å². The molecule has 2 aromatic rings. The van der Waals surface area contributed by atoms with Gasteiger partial charge in [-0.15, -0.1) is 11.3 Å². The first-order valence-electron chi connectivity index (χ1n) is 5.64. The van der Waals surface area contributed by atoms with Gasteiger partial charge in [0.2, 0.25) is 5.89 Å². The van der Waals surface area contributed by atoms with Crippen molar-refractivity contribution in [2.75, 3.05) is 5.75 Å². The van der Waals surface area contributed by atoms with E-state index in [1.807, 2.05) is 24.4 Å². The second-order valence-corrected chi connectivity index (χ2v) is 5.94. The van der Waals surface area contributed by atoms with E-state index in [4.69, 9.17) is 15.3 Å². The molecule has 2 heterocycles. The number of aliphatic carboxylic acids is 1. The number of carbonyl (C=O) groups is 1. The predicted octanol–water partition coefficient (Wildman–Crippen LogP) is 2.36.